The molecular formula is C9H15NO2. The monoisotopic (exact) mass is 169 g/mol. The number of aliphatic hydroxyl groups excluding tert-OH is 1. The van der Waals surface area contributed by atoms with Gasteiger partial charge in [-0.3, -0.25) is 0 Å². The molecule has 3 heteroatoms. The van der Waals surface area contributed by atoms with Crippen molar-refractivity contribution >= 4 is 0 Å². The minimum atomic E-state index is 0. The van der Waals surface area contributed by atoms with Gasteiger partial charge in [0, 0.05) is 5.56 Å². The lowest BCUT2D eigenvalue weighted by atomic mass is 10.2. The third-order valence-electron chi connectivity index (χ3n) is 1.56. The van der Waals surface area contributed by atoms with Crippen molar-refractivity contribution in [3.05, 3.63) is 35.9 Å². The van der Waals surface area contributed by atoms with Gasteiger partial charge in [0.1, 0.15) is 6.54 Å². The fourth-order valence-corrected chi connectivity index (χ4v) is 0.974. The molecule has 1 rings (SSSR count). The molecule has 0 aliphatic rings. The van der Waals surface area contributed by atoms with E-state index in [2.05, 4.69) is 17.4 Å². The van der Waals surface area contributed by atoms with E-state index in [0.717, 1.165) is 13.1 Å². The molecule has 0 aromatic heterocycles. The van der Waals surface area contributed by atoms with Gasteiger partial charge < -0.3 is 15.9 Å². The molecule has 0 aliphatic carbocycles. The highest BCUT2D eigenvalue weighted by Crippen LogP contribution is 1.93. The number of rotatable bonds is 4. The lowest BCUT2D eigenvalue weighted by Crippen LogP contribution is -2.83. The summed E-state index contributed by atoms with van der Waals surface area (Å²) < 4.78 is 0. The highest BCUT2D eigenvalue weighted by molar-refractivity contribution is 5.12. The third kappa shape index (κ3) is 4.08. The van der Waals surface area contributed by atoms with Crippen LogP contribution in [-0.4, -0.2) is 23.7 Å². The largest absolute Gasteiger partial charge is 0.870 e. The van der Waals surface area contributed by atoms with E-state index in [9.17, 15) is 0 Å². The molecule has 0 radical (unpaired) electrons. The Morgan fingerprint density at radius 2 is 1.83 bits per heavy atom. The standard InChI is InChI=1S/C9H13NO.H2O/c11-7-6-10-8-9-4-2-1-3-5-9;/h1-5,10-11H,6-8H2;1H2. The summed E-state index contributed by atoms with van der Waals surface area (Å²) in [6, 6.07) is 10.3. The molecule has 0 heterocycles. The van der Waals surface area contributed by atoms with Crippen molar-refractivity contribution in [2.45, 2.75) is 6.54 Å². The van der Waals surface area contributed by atoms with Crippen LogP contribution < -0.4 is 5.32 Å². The molecule has 4 N–H and O–H groups in total. The zero-order chi connectivity index (χ0) is 7.94. The second kappa shape index (κ2) is 6.79. The number of quaternary nitrogens is 1. The highest BCUT2D eigenvalue weighted by Gasteiger charge is 1.91. The summed E-state index contributed by atoms with van der Waals surface area (Å²) in [4.78, 5) is 0. The van der Waals surface area contributed by atoms with Crippen LogP contribution in [0.1, 0.15) is 5.56 Å². The van der Waals surface area contributed by atoms with Crippen molar-refractivity contribution in [3.63, 3.8) is 0 Å². The van der Waals surface area contributed by atoms with Gasteiger partial charge in [-0.2, -0.15) is 0 Å². The summed E-state index contributed by atoms with van der Waals surface area (Å²) in [5.74, 6) is 0. The minimum Gasteiger partial charge on any atom is -0.870 e. The Labute approximate surface area is 72.4 Å². The van der Waals surface area contributed by atoms with E-state index in [1.54, 1.807) is 0 Å². The smallest absolute Gasteiger partial charge is 0.101 e. The van der Waals surface area contributed by atoms with E-state index in [4.69, 9.17) is 5.11 Å². The zero-order valence-corrected chi connectivity index (χ0v) is 6.98. The average molecular weight is 169 g/mol. The van der Waals surface area contributed by atoms with Gasteiger partial charge >= 0.3 is 0 Å². The first-order chi connectivity index (χ1) is 5.43. The van der Waals surface area contributed by atoms with Gasteiger partial charge in [-0.25, -0.2) is 0 Å². The van der Waals surface area contributed by atoms with Crippen LogP contribution in [0.4, 0.5) is 0 Å². The predicted octanol–water partition coefficient (Wildman–Crippen LogP) is -0.434. The number of nitrogens with two attached hydrogens (primary N) is 1. The van der Waals surface area contributed by atoms with Crippen molar-refractivity contribution in [2.24, 2.45) is 0 Å². The SMILES string of the molecule is OCC[NH2+]Cc1ccccc1.[OH-]. The Kier molecular flexibility index (Phi) is 6.28. The van der Waals surface area contributed by atoms with Gasteiger partial charge in [-0.05, 0) is 0 Å². The van der Waals surface area contributed by atoms with Crippen LogP contribution in [0.15, 0.2) is 30.3 Å². The highest BCUT2D eigenvalue weighted by atomic mass is 16.3. The van der Waals surface area contributed by atoms with Crippen LogP contribution in [0, 0.1) is 0 Å². The number of benzene rings is 1. The van der Waals surface area contributed by atoms with Crippen molar-refractivity contribution in [2.75, 3.05) is 13.2 Å². The van der Waals surface area contributed by atoms with Crippen LogP contribution in [0.2, 0.25) is 0 Å². The average Bonchev–Trinajstić information content (AvgIpc) is 2.07. The Balaban J connectivity index is 0.00000121. The Morgan fingerprint density at radius 1 is 1.17 bits per heavy atom. The first-order valence-electron chi connectivity index (χ1n) is 3.90. The first-order valence-corrected chi connectivity index (χ1v) is 3.90. The summed E-state index contributed by atoms with van der Waals surface area (Å²) in [6.45, 7) is 2.00. The normalized spacial score (nSPS) is 9.08. The van der Waals surface area contributed by atoms with E-state index in [1.165, 1.54) is 5.56 Å². The van der Waals surface area contributed by atoms with Crippen molar-refractivity contribution in [1.29, 1.82) is 0 Å². The summed E-state index contributed by atoms with van der Waals surface area (Å²) in [5, 5.41) is 10.6. The van der Waals surface area contributed by atoms with E-state index in [0.29, 0.717) is 0 Å². The Morgan fingerprint density at radius 3 is 2.42 bits per heavy atom. The van der Waals surface area contributed by atoms with Gasteiger partial charge in [0.2, 0.25) is 0 Å². The Hall–Kier alpha value is -0.900. The van der Waals surface area contributed by atoms with Gasteiger partial charge in [0.05, 0.1) is 13.2 Å². The molecule has 12 heavy (non-hydrogen) atoms. The van der Waals surface area contributed by atoms with Crippen molar-refractivity contribution < 1.29 is 15.9 Å². The van der Waals surface area contributed by atoms with E-state index >= 15 is 0 Å². The van der Waals surface area contributed by atoms with Gasteiger partial charge in [0.25, 0.3) is 0 Å². The fraction of sp³-hybridized carbons (Fsp3) is 0.333. The maximum absolute atomic E-state index is 8.51. The van der Waals surface area contributed by atoms with E-state index < -0.39 is 0 Å². The molecule has 0 bridgehead atoms. The summed E-state index contributed by atoms with van der Waals surface area (Å²) in [7, 11) is 0. The van der Waals surface area contributed by atoms with E-state index in [-0.39, 0.29) is 12.1 Å². The molecule has 0 aliphatic heterocycles. The fourth-order valence-electron chi connectivity index (χ4n) is 0.974. The van der Waals surface area contributed by atoms with Gasteiger partial charge in [-0.15, -0.1) is 0 Å². The predicted molar refractivity (Wildman–Crippen MR) is 46.0 cm³/mol. The maximum atomic E-state index is 8.51. The molecule has 0 amide bonds. The topological polar surface area (TPSA) is 66.8 Å². The molecule has 3 nitrogen and oxygen atoms in total. The van der Waals surface area contributed by atoms with Crippen LogP contribution in [0.25, 0.3) is 0 Å². The summed E-state index contributed by atoms with van der Waals surface area (Å²) in [5.41, 5.74) is 1.31. The lowest BCUT2D eigenvalue weighted by Gasteiger charge is -1.98. The van der Waals surface area contributed by atoms with Crippen LogP contribution in [-0.2, 0) is 6.54 Å². The van der Waals surface area contributed by atoms with Gasteiger partial charge in [0.15, 0.2) is 0 Å². The molecule has 0 saturated carbocycles. The molecule has 0 unspecified atom stereocenters. The van der Waals surface area contributed by atoms with Gasteiger partial charge in [-0.1, -0.05) is 30.3 Å². The molecule has 1 aromatic rings. The molecule has 0 saturated heterocycles. The lowest BCUT2D eigenvalue weighted by molar-refractivity contribution is -0.671. The molecule has 0 atom stereocenters. The number of aliphatic hydroxyl groups is 1. The molecule has 1 aromatic carbocycles. The van der Waals surface area contributed by atoms with Crippen LogP contribution >= 0.6 is 0 Å². The van der Waals surface area contributed by atoms with Crippen LogP contribution in [0.5, 0.6) is 0 Å². The molecular weight excluding hydrogens is 154 g/mol. The van der Waals surface area contributed by atoms with Crippen LogP contribution in [0.3, 0.4) is 0 Å². The Bertz CT molecular complexity index is 189. The quantitative estimate of drug-likeness (QED) is 0.600. The summed E-state index contributed by atoms with van der Waals surface area (Å²) in [6.07, 6.45) is 0. The second-order valence-electron chi connectivity index (χ2n) is 2.49. The van der Waals surface area contributed by atoms with Crippen molar-refractivity contribution in [1.82, 2.24) is 0 Å². The third-order valence-corrected chi connectivity index (χ3v) is 1.56. The second-order valence-corrected chi connectivity index (χ2v) is 2.49. The van der Waals surface area contributed by atoms with E-state index in [1.807, 2.05) is 18.2 Å². The zero-order valence-electron chi connectivity index (χ0n) is 6.98. The molecule has 0 fully saturated rings. The number of hydrogen-bond donors (Lipinski definition) is 2. The summed E-state index contributed by atoms with van der Waals surface area (Å²) >= 11 is 0. The maximum Gasteiger partial charge on any atom is 0.101 e. The first kappa shape index (κ1) is 11.1. The molecule has 0 spiro atoms. The van der Waals surface area contributed by atoms with Crippen molar-refractivity contribution in [3.8, 4) is 0 Å². The number of hydrogen-bond acceptors (Lipinski definition) is 2. The minimum absolute atomic E-state index is 0. The molecule has 68 valence electrons.